The smallest absolute Gasteiger partial charge is 0.230 e. The van der Waals surface area contributed by atoms with E-state index in [1.807, 2.05) is 24.3 Å². The molecule has 2 fully saturated rings. The maximum absolute atomic E-state index is 12.6. The Morgan fingerprint density at radius 3 is 2.82 bits per heavy atom. The van der Waals surface area contributed by atoms with Crippen molar-refractivity contribution in [2.45, 2.75) is 25.0 Å². The molecule has 172 valence electrons. The zero-order valence-electron chi connectivity index (χ0n) is 18.3. The molecule has 0 bridgehead atoms. The molecule has 0 aliphatic carbocycles. The summed E-state index contributed by atoms with van der Waals surface area (Å²) < 4.78 is 5.34. The fraction of sp³-hybridized carbons (Fsp3) is 0.409. The third-order valence-electron chi connectivity index (χ3n) is 5.89. The van der Waals surface area contributed by atoms with Crippen LogP contribution in [-0.4, -0.2) is 71.7 Å². The van der Waals surface area contributed by atoms with Gasteiger partial charge < -0.3 is 25.2 Å². The molecular formula is C22H26N8O2S. The summed E-state index contributed by atoms with van der Waals surface area (Å²) in [4.78, 5) is 17.0. The van der Waals surface area contributed by atoms with Crippen LogP contribution in [0.5, 0.6) is 0 Å². The van der Waals surface area contributed by atoms with Crippen LogP contribution in [0, 0.1) is 0 Å². The van der Waals surface area contributed by atoms with E-state index in [2.05, 4.69) is 53.0 Å². The number of methoxy groups -OCH3 is 1. The number of benzene rings is 1. The highest BCUT2D eigenvalue weighted by Crippen LogP contribution is 2.26. The van der Waals surface area contributed by atoms with Gasteiger partial charge in [0.1, 0.15) is 0 Å². The van der Waals surface area contributed by atoms with Gasteiger partial charge in [-0.25, -0.2) is 0 Å². The molecule has 1 unspecified atom stereocenters. The molecule has 2 saturated heterocycles. The third kappa shape index (κ3) is 5.20. The van der Waals surface area contributed by atoms with E-state index in [1.54, 1.807) is 13.3 Å². The summed E-state index contributed by atoms with van der Waals surface area (Å²) in [6, 6.07) is 12.2. The van der Waals surface area contributed by atoms with Crippen LogP contribution >= 0.6 is 11.3 Å². The van der Waals surface area contributed by atoms with Gasteiger partial charge in [0.2, 0.25) is 16.2 Å². The molecule has 5 rings (SSSR count). The van der Waals surface area contributed by atoms with E-state index in [0.29, 0.717) is 10.3 Å². The molecule has 1 amide bonds. The molecule has 2 N–H and O–H groups in total. The summed E-state index contributed by atoms with van der Waals surface area (Å²) in [6.45, 7) is 3.48. The van der Waals surface area contributed by atoms with Crippen molar-refractivity contribution in [2.24, 2.45) is 0 Å². The first-order valence-corrected chi connectivity index (χ1v) is 11.8. The number of nitrogens with zero attached hydrogens (tertiary/aromatic N) is 6. The molecule has 0 spiro atoms. The first kappa shape index (κ1) is 21.5. The van der Waals surface area contributed by atoms with Crippen molar-refractivity contribution in [1.82, 2.24) is 20.4 Å². The van der Waals surface area contributed by atoms with E-state index >= 15 is 0 Å². The van der Waals surface area contributed by atoms with E-state index in [-0.39, 0.29) is 24.5 Å². The Hall–Kier alpha value is -3.31. The van der Waals surface area contributed by atoms with E-state index in [4.69, 9.17) is 4.74 Å². The van der Waals surface area contributed by atoms with Crippen LogP contribution in [0.1, 0.15) is 12.0 Å². The van der Waals surface area contributed by atoms with Crippen molar-refractivity contribution in [3.63, 3.8) is 0 Å². The number of amides is 1. The number of hydrogen-bond acceptors (Lipinski definition) is 10. The first-order valence-electron chi connectivity index (χ1n) is 11.0. The second kappa shape index (κ2) is 9.67. The lowest BCUT2D eigenvalue weighted by molar-refractivity contribution is -0.115. The molecule has 2 aromatic heterocycles. The predicted molar refractivity (Wildman–Crippen MR) is 128 cm³/mol. The SMILES string of the molecule is COC1CN(c2cccc(CC(=O)Nc3nnc(NC4CCN(c5cccnn5)C4)s3)c2)C1. The number of ether oxygens (including phenoxy) is 1. The van der Waals surface area contributed by atoms with Crippen LogP contribution in [0.15, 0.2) is 42.6 Å². The number of nitrogens with one attached hydrogen (secondary N) is 2. The predicted octanol–water partition coefficient (Wildman–Crippen LogP) is 2.04. The zero-order chi connectivity index (χ0) is 22.6. The fourth-order valence-electron chi connectivity index (χ4n) is 4.06. The Morgan fingerprint density at radius 1 is 1.12 bits per heavy atom. The maximum Gasteiger partial charge on any atom is 0.230 e. The Labute approximate surface area is 196 Å². The number of carbonyl (C=O) groups excluding carboxylic acids is 1. The summed E-state index contributed by atoms with van der Waals surface area (Å²) in [7, 11) is 1.74. The number of hydrogen-bond donors (Lipinski definition) is 2. The van der Waals surface area contributed by atoms with Crippen LogP contribution < -0.4 is 20.4 Å². The Kier molecular flexibility index (Phi) is 6.31. The van der Waals surface area contributed by atoms with Gasteiger partial charge in [-0.05, 0) is 36.2 Å². The minimum Gasteiger partial charge on any atom is -0.378 e. The fourth-order valence-corrected chi connectivity index (χ4v) is 4.80. The van der Waals surface area contributed by atoms with Crippen molar-refractivity contribution in [3.8, 4) is 0 Å². The van der Waals surface area contributed by atoms with Gasteiger partial charge in [0, 0.05) is 51.2 Å². The molecule has 10 nitrogen and oxygen atoms in total. The van der Waals surface area contributed by atoms with Gasteiger partial charge in [-0.2, -0.15) is 5.10 Å². The number of rotatable bonds is 8. The normalized spacial score (nSPS) is 18.3. The van der Waals surface area contributed by atoms with Crippen molar-refractivity contribution < 1.29 is 9.53 Å². The maximum atomic E-state index is 12.6. The summed E-state index contributed by atoms with van der Waals surface area (Å²) in [5.41, 5.74) is 2.08. The first-order chi connectivity index (χ1) is 16.2. The second-order valence-corrected chi connectivity index (χ2v) is 9.21. The number of aromatic nitrogens is 4. The molecule has 11 heteroatoms. The lowest BCUT2D eigenvalue weighted by Crippen LogP contribution is -2.51. The second-order valence-electron chi connectivity index (χ2n) is 8.23. The molecule has 2 aliphatic rings. The summed E-state index contributed by atoms with van der Waals surface area (Å²) in [5.74, 6) is 0.770. The minimum absolute atomic E-state index is 0.108. The molecule has 0 radical (unpaired) electrons. The van der Waals surface area contributed by atoms with Crippen molar-refractivity contribution >= 4 is 39.0 Å². The Morgan fingerprint density at radius 2 is 2.00 bits per heavy atom. The molecule has 0 saturated carbocycles. The topological polar surface area (TPSA) is 108 Å². The van der Waals surface area contributed by atoms with Crippen LogP contribution in [0.2, 0.25) is 0 Å². The summed E-state index contributed by atoms with van der Waals surface area (Å²) in [6.07, 6.45) is 3.22. The molecule has 33 heavy (non-hydrogen) atoms. The van der Waals surface area contributed by atoms with E-state index < -0.39 is 0 Å². The zero-order valence-corrected chi connectivity index (χ0v) is 19.2. The van der Waals surface area contributed by atoms with E-state index in [9.17, 15) is 4.79 Å². The molecule has 1 atom stereocenters. The monoisotopic (exact) mass is 466 g/mol. The van der Waals surface area contributed by atoms with Gasteiger partial charge in [-0.1, -0.05) is 23.5 Å². The minimum atomic E-state index is -0.108. The number of carbonyl (C=O) groups is 1. The highest BCUT2D eigenvalue weighted by molar-refractivity contribution is 7.19. The Bertz CT molecular complexity index is 1090. The van der Waals surface area contributed by atoms with Gasteiger partial charge in [-0.15, -0.1) is 15.3 Å². The van der Waals surface area contributed by atoms with Gasteiger partial charge in [0.05, 0.1) is 12.5 Å². The van der Waals surface area contributed by atoms with Crippen LogP contribution in [0.4, 0.5) is 21.8 Å². The van der Waals surface area contributed by atoms with Crippen molar-refractivity contribution in [1.29, 1.82) is 0 Å². The summed E-state index contributed by atoms with van der Waals surface area (Å²) >= 11 is 1.35. The molecule has 4 heterocycles. The van der Waals surface area contributed by atoms with Crippen LogP contribution in [-0.2, 0) is 16.0 Å². The molecule has 3 aromatic rings. The molecule has 2 aliphatic heterocycles. The number of anilines is 4. The third-order valence-corrected chi connectivity index (χ3v) is 6.66. The van der Waals surface area contributed by atoms with Gasteiger partial charge in [-0.3, -0.25) is 4.79 Å². The van der Waals surface area contributed by atoms with E-state index in [0.717, 1.165) is 49.7 Å². The average Bonchev–Trinajstić information content (AvgIpc) is 3.44. The lowest BCUT2D eigenvalue weighted by Gasteiger charge is -2.40. The van der Waals surface area contributed by atoms with Crippen LogP contribution in [0.3, 0.4) is 0 Å². The van der Waals surface area contributed by atoms with E-state index in [1.165, 1.54) is 11.3 Å². The standard InChI is InChI=1S/C22H26N8O2S/c1-32-18-13-30(14-18)17-5-2-4-15(10-17)11-20(31)25-22-28-27-21(33-22)24-16-7-9-29(12-16)19-6-3-8-23-26-19/h2-6,8,10,16,18H,7,9,11-14H2,1H3,(H,24,27)(H,25,28,31). The molecule has 1 aromatic carbocycles. The summed E-state index contributed by atoms with van der Waals surface area (Å²) in [5, 5.41) is 23.9. The molecular weight excluding hydrogens is 440 g/mol. The van der Waals surface area contributed by atoms with Gasteiger partial charge in [0.25, 0.3) is 0 Å². The largest absolute Gasteiger partial charge is 0.378 e. The van der Waals surface area contributed by atoms with Gasteiger partial charge in [0.15, 0.2) is 5.82 Å². The Balaban J connectivity index is 1.11. The highest BCUT2D eigenvalue weighted by Gasteiger charge is 2.27. The highest BCUT2D eigenvalue weighted by atomic mass is 32.1. The van der Waals surface area contributed by atoms with Crippen molar-refractivity contribution in [2.75, 3.05) is 53.7 Å². The lowest BCUT2D eigenvalue weighted by atomic mass is 10.1. The van der Waals surface area contributed by atoms with Crippen molar-refractivity contribution in [3.05, 3.63) is 48.2 Å². The average molecular weight is 467 g/mol. The van der Waals surface area contributed by atoms with Crippen LogP contribution in [0.25, 0.3) is 0 Å². The quantitative estimate of drug-likeness (QED) is 0.515. The van der Waals surface area contributed by atoms with Gasteiger partial charge >= 0.3 is 0 Å².